The lowest BCUT2D eigenvalue weighted by molar-refractivity contribution is 0.474. The average molecular weight is 268 g/mol. The van der Waals surface area contributed by atoms with E-state index in [-0.39, 0.29) is 5.75 Å². The zero-order valence-corrected chi connectivity index (χ0v) is 10.5. The molecule has 0 atom stereocenters. The fourth-order valence-electron chi connectivity index (χ4n) is 1.50. The van der Waals surface area contributed by atoms with E-state index in [0.717, 1.165) is 11.3 Å². The first-order valence-electron chi connectivity index (χ1n) is 5.12. The van der Waals surface area contributed by atoms with E-state index >= 15 is 0 Å². The third-order valence-electron chi connectivity index (χ3n) is 2.35. The van der Waals surface area contributed by atoms with Crippen LogP contribution in [-0.2, 0) is 6.54 Å². The first-order valence-corrected chi connectivity index (χ1v) is 5.88. The second-order valence-electron chi connectivity index (χ2n) is 3.62. The van der Waals surface area contributed by atoms with Gasteiger partial charge in [0.1, 0.15) is 5.75 Å². The smallest absolute Gasteiger partial charge is 0.115 e. The molecule has 0 aromatic heterocycles. The molecule has 0 saturated heterocycles. The summed E-state index contributed by atoms with van der Waals surface area (Å²) < 4.78 is 0. The van der Waals surface area contributed by atoms with Crippen molar-refractivity contribution in [3.05, 3.63) is 58.1 Å². The highest BCUT2D eigenvalue weighted by atomic mass is 35.5. The molecular weight excluding hydrogens is 257 g/mol. The number of phenols is 1. The van der Waals surface area contributed by atoms with Crippen LogP contribution >= 0.6 is 23.2 Å². The second-order valence-corrected chi connectivity index (χ2v) is 4.41. The SMILES string of the molecule is Oc1cccc(CNc2cccc(Cl)c2Cl)c1. The van der Waals surface area contributed by atoms with Gasteiger partial charge in [-0.15, -0.1) is 0 Å². The summed E-state index contributed by atoms with van der Waals surface area (Å²) in [5, 5.41) is 13.5. The van der Waals surface area contributed by atoms with Crippen molar-refractivity contribution in [2.45, 2.75) is 6.54 Å². The van der Waals surface area contributed by atoms with Crippen molar-refractivity contribution in [2.24, 2.45) is 0 Å². The third kappa shape index (κ3) is 3.05. The van der Waals surface area contributed by atoms with Gasteiger partial charge in [-0.25, -0.2) is 0 Å². The number of nitrogens with one attached hydrogen (secondary N) is 1. The first-order chi connectivity index (χ1) is 8.16. The summed E-state index contributed by atoms with van der Waals surface area (Å²) in [5.41, 5.74) is 1.75. The van der Waals surface area contributed by atoms with Gasteiger partial charge in [0.15, 0.2) is 0 Å². The predicted molar refractivity (Wildman–Crippen MR) is 71.9 cm³/mol. The minimum atomic E-state index is 0.251. The number of phenolic OH excluding ortho intramolecular Hbond substituents is 1. The fraction of sp³-hybridized carbons (Fsp3) is 0.0769. The number of hydrogen-bond donors (Lipinski definition) is 2. The zero-order valence-electron chi connectivity index (χ0n) is 8.95. The summed E-state index contributed by atoms with van der Waals surface area (Å²) in [6, 6.07) is 12.5. The van der Waals surface area contributed by atoms with Crippen LogP contribution in [0.25, 0.3) is 0 Å². The van der Waals surface area contributed by atoms with E-state index in [1.807, 2.05) is 18.2 Å². The standard InChI is InChI=1S/C13H11Cl2NO/c14-11-5-2-6-12(13(11)15)16-8-9-3-1-4-10(17)7-9/h1-7,16-17H,8H2. The number of anilines is 1. The highest BCUT2D eigenvalue weighted by Gasteiger charge is 2.03. The van der Waals surface area contributed by atoms with Gasteiger partial charge in [0.05, 0.1) is 15.7 Å². The van der Waals surface area contributed by atoms with E-state index in [4.69, 9.17) is 23.2 Å². The van der Waals surface area contributed by atoms with Crippen LogP contribution in [0.3, 0.4) is 0 Å². The minimum absolute atomic E-state index is 0.251. The van der Waals surface area contributed by atoms with Crippen molar-refractivity contribution in [2.75, 3.05) is 5.32 Å². The number of hydrogen-bond acceptors (Lipinski definition) is 2. The van der Waals surface area contributed by atoms with Crippen molar-refractivity contribution < 1.29 is 5.11 Å². The van der Waals surface area contributed by atoms with Crippen LogP contribution in [0.1, 0.15) is 5.56 Å². The quantitative estimate of drug-likeness (QED) is 0.869. The van der Waals surface area contributed by atoms with Crippen LogP contribution in [0.2, 0.25) is 10.0 Å². The number of aromatic hydroxyl groups is 1. The van der Waals surface area contributed by atoms with Gasteiger partial charge >= 0.3 is 0 Å². The van der Waals surface area contributed by atoms with Gasteiger partial charge in [0.2, 0.25) is 0 Å². The molecule has 0 bridgehead atoms. The molecule has 2 N–H and O–H groups in total. The molecule has 0 fully saturated rings. The molecule has 2 aromatic rings. The van der Waals surface area contributed by atoms with Crippen LogP contribution < -0.4 is 5.32 Å². The van der Waals surface area contributed by atoms with Gasteiger partial charge in [0.25, 0.3) is 0 Å². The summed E-state index contributed by atoms with van der Waals surface area (Å²) >= 11 is 12.0. The van der Waals surface area contributed by atoms with Crippen molar-refractivity contribution in [3.8, 4) is 5.75 Å². The van der Waals surface area contributed by atoms with Gasteiger partial charge in [-0.05, 0) is 29.8 Å². The molecule has 2 nitrogen and oxygen atoms in total. The van der Waals surface area contributed by atoms with Crippen LogP contribution in [0, 0.1) is 0 Å². The van der Waals surface area contributed by atoms with Gasteiger partial charge in [0, 0.05) is 6.54 Å². The highest BCUT2D eigenvalue weighted by molar-refractivity contribution is 6.43. The molecule has 0 aliphatic carbocycles. The maximum absolute atomic E-state index is 9.33. The summed E-state index contributed by atoms with van der Waals surface area (Å²) in [7, 11) is 0. The normalized spacial score (nSPS) is 10.2. The first kappa shape index (κ1) is 12.1. The summed E-state index contributed by atoms with van der Waals surface area (Å²) in [6.07, 6.45) is 0. The molecule has 0 spiro atoms. The lowest BCUT2D eigenvalue weighted by Crippen LogP contribution is -1.99. The van der Waals surface area contributed by atoms with Gasteiger partial charge in [-0.2, -0.15) is 0 Å². The minimum Gasteiger partial charge on any atom is -0.508 e. The molecule has 17 heavy (non-hydrogen) atoms. The Hall–Kier alpha value is -1.38. The molecule has 0 heterocycles. The molecule has 0 amide bonds. The Morgan fingerprint density at radius 2 is 1.82 bits per heavy atom. The molecule has 0 aliphatic heterocycles. The van der Waals surface area contributed by atoms with E-state index in [1.54, 1.807) is 24.3 Å². The molecule has 0 unspecified atom stereocenters. The topological polar surface area (TPSA) is 32.3 Å². The molecule has 88 valence electrons. The summed E-state index contributed by atoms with van der Waals surface area (Å²) in [5.74, 6) is 0.251. The van der Waals surface area contributed by atoms with Crippen molar-refractivity contribution in [1.29, 1.82) is 0 Å². The maximum Gasteiger partial charge on any atom is 0.115 e. The highest BCUT2D eigenvalue weighted by Crippen LogP contribution is 2.29. The van der Waals surface area contributed by atoms with E-state index in [0.29, 0.717) is 16.6 Å². The second kappa shape index (κ2) is 5.30. The van der Waals surface area contributed by atoms with Crippen LogP contribution in [-0.4, -0.2) is 5.11 Å². The molecule has 0 radical (unpaired) electrons. The monoisotopic (exact) mass is 267 g/mol. The Bertz CT molecular complexity index is 529. The Balaban J connectivity index is 2.10. The van der Waals surface area contributed by atoms with E-state index in [9.17, 15) is 5.11 Å². The van der Waals surface area contributed by atoms with E-state index in [2.05, 4.69) is 5.32 Å². The fourth-order valence-corrected chi connectivity index (χ4v) is 1.87. The van der Waals surface area contributed by atoms with Crippen LogP contribution in [0.15, 0.2) is 42.5 Å². The van der Waals surface area contributed by atoms with Gasteiger partial charge in [-0.1, -0.05) is 41.4 Å². The lowest BCUT2D eigenvalue weighted by Gasteiger charge is -2.09. The van der Waals surface area contributed by atoms with Crippen LogP contribution in [0.4, 0.5) is 5.69 Å². The number of halogens is 2. The molecule has 4 heteroatoms. The van der Waals surface area contributed by atoms with Crippen LogP contribution in [0.5, 0.6) is 5.75 Å². The Labute approximate surface area is 110 Å². The lowest BCUT2D eigenvalue weighted by atomic mass is 10.2. The van der Waals surface area contributed by atoms with Gasteiger partial charge < -0.3 is 10.4 Å². The zero-order chi connectivity index (χ0) is 12.3. The Morgan fingerprint density at radius 1 is 1.06 bits per heavy atom. The summed E-state index contributed by atoms with van der Waals surface area (Å²) in [4.78, 5) is 0. The third-order valence-corrected chi connectivity index (χ3v) is 3.16. The van der Waals surface area contributed by atoms with E-state index < -0.39 is 0 Å². The predicted octanol–water partition coefficient (Wildman–Crippen LogP) is 4.31. The molecule has 2 aromatic carbocycles. The van der Waals surface area contributed by atoms with Crippen molar-refractivity contribution >= 4 is 28.9 Å². The van der Waals surface area contributed by atoms with Gasteiger partial charge in [-0.3, -0.25) is 0 Å². The Morgan fingerprint density at radius 3 is 2.59 bits per heavy atom. The van der Waals surface area contributed by atoms with E-state index in [1.165, 1.54) is 0 Å². The summed E-state index contributed by atoms with van der Waals surface area (Å²) in [6.45, 7) is 0.578. The molecule has 2 rings (SSSR count). The largest absolute Gasteiger partial charge is 0.508 e. The van der Waals surface area contributed by atoms with Crippen molar-refractivity contribution in [1.82, 2.24) is 0 Å². The number of rotatable bonds is 3. The molecule has 0 aliphatic rings. The molecular formula is C13H11Cl2NO. The number of benzene rings is 2. The molecule has 0 saturated carbocycles. The average Bonchev–Trinajstić information content (AvgIpc) is 2.31. The maximum atomic E-state index is 9.33. The van der Waals surface area contributed by atoms with Crippen molar-refractivity contribution in [3.63, 3.8) is 0 Å². The Kier molecular flexibility index (Phi) is 3.77.